The maximum Gasteiger partial charge on any atom is 0.168 e. The molecule has 2 aliphatic rings. The molecule has 2 aliphatic carbocycles. The first-order valence-corrected chi connectivity index (χ1v) is 6.73. The van der Waals surface area contributed by atoms with Crippen LogP contribution >= 0.6 is 0 Å². The largest absolute Gasteiger partial charge is 0.508 e. The summed E-state index contributed by atoms with van der Waals surface area (Å²) >= 11 is 0. The number of phenolic OH excluding ortho intramolecular Hbond substituents is 1. The maximum atomic E-state index is 13.8. The zero-order chi connectivity index (χ0) is 12.7. The second-order valence-corrected chi connectivity index (χ2v) is 5.51. The first-order valence-electron chi connectivity index (χ1n) is 6.73. The van der Waals surface area contributed by atoms with Gasteiger partial charge < -0.3 is 5.11 Å². The Labute approximate surface area is 106 Å². The first-order chi connectivity index (χ1) is 8.66. The summed E-state index contributed by atoms with van der Waals surface area (Å²) in [6, 6.07) is 2.69. The Morgan fingerprint density at radius 3 is 2.44 bits per heavy atom. The Bertz CT molecular complexity index is 486. The van der Waals surface area contributed by atoms with Crippen LogP contribution in [0, 0.1) is 11.7 Å². The minimum absolute atomic E-state index is 0.00188. The standard InChI is InChI=1S/C15H17FO2/c16-13-8-14(17)11(9-5-6-9)7-12(13)15(18)10-3-1-2-4-10/h7-10,17H,1-6H2. The monoisotopic (exact) mass is 248 g/mol. The highest BCUT2D eigenvalue weighted by atomic mass is 19.1. The van der Waals surface area contributed by atoms with E-state index in [2.05, 4.69) is 0 Å². The summed E-state index contributed by atoms with van der Waals surface area (Å²) in [5.41, 5.74) is 0.930. The van der Waals surface area contributed by atoms with Gasteiger partial charge in [-0.2, -0.15) is 0 Å². The van der Waals surface area contributed by atoms with Gasteiger partial charge in [0.2, 0.25) is 0 Å². The number of hydrogen-bond donors (Lipinski definition) is 1. The molecule has 1 aromatic rings. The smallest absolute Gasteiger partial charge is 0.168 e. The molecule has 0 saturated heterocycles. The van der Waals surface area contributed by atoms with Gasteiger partial charge in [0.05, 0.1) is 5.56 Å². The van der Waals surface area contributed by atoms with E-state index in [9.17, 15) is 14.3 Å². The zero-order valence-corrected chi connectivity index (χ0v) is 10.3. The van der Waals surface area contributed by atoms with Crippen molar-refractivity contribution in [2.75, 3.05) is 0 Å². The Morgan fingerprint density at radius 1 is 1.17 bits per heavy atom. The van der Waals surface area contributed by atoms with Crippen molar-refractivity contribution in [1.29, 1.82) is 0 Å². The fourth-order valence-electron chi connectivity index (χ4n) is 2.90. The molecule has 96 valence electrons. The zero-order valence-electron chi connectivity index (χ0n) is 10.3. The lowest BCUT2D eigenvalue weighted by atomic mass is 9.93. The Morgan fingerprint density at radius 2 is 1.83 bits per heavy atom. The molecule has 2 saturated carbocycles. The molecule has 2 nitrogen and oxygen atoms in total. The number of ketones is 1. The molecule has 1 aromatic carbocycles. The van der Waals surface area contributed by atoms with E-state index in [1.807, 2.05) is 0 Å². The Hall–Kier alpha value is -1.38. The van der Waals surface area contributed by atoms with E-state index in [0.717, 1.165) is 50.2 Å². The van der Waals surface area contributed by atoms with Gasteiger partial charge in [0.15, 0.2) is 5.78 Å². The Kier molecular flexibility index (Phi) is 2.84. The third-order valence-electron chi connectivity index (χ3n) is 4.12. The second-order valence-electron chi connectivity index (χ2n) is 5.51. The van der Waals surface area contributed by atoms with E-state index < -0.39 is 5.82 Å². The molecule has 18 heavy (non-hydrogen) atoms. The molecule has 0 aromatic heterocycles. The molecular weight excluding hydrogens is 231 g/mol. The average Bonchev–Trinajstić information content (AvgIpc) is 3.03. The highest BCUT2D eigenvalue weighted by Gasteiger charge is 2.31. The molecule has 0 aliphatic heterocycles. The van der Waals surface area contributed by atoms with E-state index in [4.69, 9.17) is 0 Å². The summed E-state index contributed by atoms with van der Waals surface area (Å²) in [5, 5.41) is 9.72. The third-order valence-corrected chi connectivity index (χ3v) is 4.12. The van der Waals surface area contributed by atoms with Gasteiger partial charge >= 0.3 is 0 Å². The van der Waals surface area contributed by atoms with Gasteiger partial charge in [-0.1, -0.05) is 12.8 Å². The molecule has 3 heteroatoms. The molecule has 0 unspecified atom stereocenters. The SMILES string of the molecule is O=C(c1cc(C2CC2)c(O)cc1F)C1CCCC1. The highest BCUT2D eigenvalue weighted by molar-refractivity contribution is 5.98. The summed E-state index contributed by atoms with van der Waals surface area (Å²) in [6.07, 6.45) is 5.92. The van der Waals surface area contributed by atoms with Crippen molar-refractivity contribution in [3.63, 3.8) is 0 Å². The lowest BCUT2D eigenvalue weighted by molar-refractivity contribution is 0.0918. The van der Waals surface area contributed by atoms with Gasteiger partial charge in [0, 0.05) is 12.0 Å². The van der Waals surface area contributed by atoms with Crippen molar-refractivity contribution in [3.8, 4) is 5.75 Å². The van der Waals surface area contributed by atoms with Crippen LogP contribution in [0.15, 0.2) is 12.1 Å². The van der Waals surface area contributed by atoms with E-state index >= 15 is 0 Å². The van der Waals surface area contributed by atoms with Crippen molar-refractivity contribution in [1.82, 2.24) is 0 Å². The van der Waals surface area contributed by atoms with Crippen molar-refractivity contribution in [3.05, 3.63) is 29.1 Å². The van der Waals surface area contributed by atoms with Gasteiger partial charge in [-0.05, 0) is 43.2 Å². The van der Waals surface area contributed by atoms with E-state index in [1.54, 1.807) is 6.07 Å². The first kappa shape index (κ1) is 11.7. The average molecular weight is 248 g/mol. The van der Waals surface area contributed by atoms with Crippen LogP contribution in [0.3, 0.4) is 0 Å². The highest BCUT2D eigenvalue weighted by Crippen LogP contribution is 2.45. The summed E-state index contributed by atoms with van der Waals surface area (Å²) in [4.78, 5) is 12.3. The van der Waals surface area contributed by atoms with Crippen LogP contribution in [0.1, 0.15) is 60.4 Å². The summed E-state index contributed by atoms with van der Waals surface area (Å²) in [6.45, 7) is 0. The van der Waals surface area contributed by atoms with Crippen LogP contribution in [0.25, 0.3) is 0 Å². The van der Waals surface area contributed by atoms with E-state index in [0.29, 0.717) is 5.92 Å². The van der Waals surface area contributed by atoms with Crippen LogP contribution in [-0.4, -0.2) is 10.9 Å². The van der Waals surface area contributed by atoms with Gasteiger partial charge in [-0.15, -0.1) is 0 Å². The number of carbonyl (C=O) groups excluding carboxylic acids is 1. The van der Waals surface area contributed by atoms with Crippen molar-refractivity contribution in [2.24, 2.45) is 5.92 Å². The van der Waals surface area contributed by atoms with E-state index in [1.165, 1.54) is 0 Å². The van der Waals surface area contributed by atoms with Gasteiger partial charge in [0.25, 0.3) is 0 Å². The topological polar surface area (TPSA) is 37.3 Å². The lowest BCUT2D eigenvalue weighted by Crippen LogP contribution is -2.13. The van der Waals surface area contributed by atoms with Gasteiger partial charge in [-0.25, -0.2) is 4.39 Å². The van der Waals surface area contributed by atoms with Crippen molar-refractivity contribution in [2.45, 2.75) is 44.4 Å². The second kappa shape index (κ2) is 4.38. The molecule has 2 fully saturated rings. The van der Waals surface area contributed by atoms with Crippen LogP contribution in [0.5, 0.6) is 5.75 Å². The van der Waals surface area contributed by atoms with Crippen molar-refractivity contribution < 1.29 is 14.3 Å². The normalized spacial score (nSPS) is 20.3. The third kappa shape index (κ3) is 2.02. The molecular formula is C15H17FO2. The number of carbonyl (C=O) groups is 1. The summed E-state index contributed by atoms with van der Waals surface area (Å²) < 4.78 is 13.8. The number of benzene rings is 1. The molecule has 0 radical (unpaired) electrons. The molecule has 1 N–H and O–H groups in total. The molecule has 3 rings (SSSR count). The predicted molar refractivity (Wildman–Crippen MR) is 66.3 cm³/mol. The maximum absolute atomic E-state index is 13.8. The van der Waals surface area contributed by atoms with Crippen LogP contribution < -0.4 is 0 Å². The number of aromatic hydroxyl groups is 1. The lowest BCUT2D eigenvalue weighted by Gasteiger charge is -2.11. The Balaban J connectivity index is 1.94. The van der Waals surface area contributed by atoms with Crippen LogP contribution in [0.2, 0.25) is 0 Å². The van der Waals surface area contributed by atoms with Crippen LogP contribution in [-0.2, 0) is 0 Å². The summed E-state index contributed by atoms with van der Waals surface area (Å²) in [5.74, 6) is -0.351. The van der Waals surface area contributed by atoms with Crippen molar-refractivity contribution >= 4 is 5.78 Å². The number of rotatable bonds is 3. The number of halogens is 1. The fourth-order valence-corrected chi connectivity index (χ4v) is 2.90. The van der Waals surface area contributed by atoms with Gasteiger partial charge in [0.1, 0.15) is 11.6 Å². The van der Waals surface area contributed by atoms with E-state index in [-0.39, 0.29) is 23.0 Å². The minimum atomic E-state index is -0.575. The quantitative estimate of drug-likeness (QED) is 0.826. The predicted octanol–water partition coefficient (Wildman–Crippen LogP) is 3.78. The number of phenols is 1. The van der Waals surface area contributed by atoms with Crippen LogP contribution in [0.4, 0.5) is 4.39 Å². The fraction of sp³-hybridized carbons (Fsp3) is 0.533. The summed E-state index contributed by atoms with van der Waals surface area (Å²) in [7, 11) is 0. The molecule has 0 atom stereocenters. The van der Waals surface area contributed by atoms with Gasteiger partial charge in [-0.3, -0.25) is 4.79 Å². The minimum Gasteiger partial charge on any atom is -0.508 e. The molecule has 0 amide bonds. The molecule has 0 heterocycles. The number of Topliss-reactive ketones (excluding diaryl/α,β-unsaturated/α-hetero) is 1. The molecule has 0 bridgehead atoms. The molecule has 0 spiro atoms. The number of hydrogen-bond acceptors (Lipinski definition) is 2.